The van der Waals surface area contributed by atoms with Crippen molar-refractivity contribution in [3.8, 4) is 0 Å². The van der Waals surface area contributed by atoms with Gasteiger partial charge in [0.2, 0.25) is 0 Å². The topological polar surface area (TPSA) is 29.3 Å². The van der Waals surface area contributed by atoms with E-state index < -0.39 is 0 Å². The molecule has 0 spiro atoms. The third-order valence-corrected chi connectivity index (χ3v) is 4.80. The van der Waals surface area contributed by atoms with Crippen LogP contribution in [0.2, 0.25) is 0 Å². The summed E-state index contributed by atoms with van der Waals surface area (Å²) in [5.74, 6) is 0.904. The van der Waals surface area contributed by atoms with Gasteiger partial charge in [-0.15, -0.1) is 0 Å². The quantitative estimate of drug-likeness (QED) is 0.873. The molecule has 2 nitrogen and oxygen atoms in total. The molecule has 17 heavy (non-hydrogen) atoms. The van der Waals surface area contributed by atoms with Crippen molar-refractivity contribution in [2.45, 2.75) is 38.6 Å². The van der Waals surface area contributed by atoms with Crippen molar-refractivity contribution in [1.29, 1.82) is 0 Å². The molecule has 2 atom stereocenters. The van der Waals surface area contributed by atoms with Crippen LogP contribution in [0.25, 0.3) is 0 Å². The van der Waals surface area contributed by atoms with Crippen LogP contribution in [0.15, 0.2) is 16.8 Å². The predicted octanol–water partition coefficient (Wildman–Crippen LogP) is 2.74. The number of nitrogens with two attached hydrogens (primary N) is 1. The Morgan fingerprint density at radius 3 is 3.06 bits per heavy atom. The van der Waals surface area contributed by atoms with Crippen LogP contribution in [0.1, 0.15) is 31.7 Å². The molecule has 0 bridgehead atoms. The van der Waals surface area contributed by atoms with Crippen molar-refractivity contribution in [1.82, 2.24) is 4.90 Å². The summed E-state index contributed by atoms with van der Waals surface area (Å²) in [7, 11) is 0. The first-order valence-corrected chi connectivity index (χ1v) is 7.73. The van der Waals surface area contributed by atoms with Gasteiger partial charge in [0, 0.05) is 19.1 Å². The zero-order valence-electron chi connectivity index (χ0n) is 10.8. The van der Waals surface area contributed by atoms with Crippen molar-refractivity contribution in [2.24, 2.45) is 11.7 Å². The predicted molar refractivity (Wildman–Crippen MR) is 75.5 cm³/mol. The molecule has 0 radical (unpaired) electrons. The Balaban J connectivity index is 1.83. The van der Waals surface area contributed by atoms with Gasteiger partial charge in [0.05, 0.1) is 0 Å². The van der Waals surface area contributed by atoms with Gasteiger partial charge in [0.15, 0.2) is 0 Å². The van der Waals surface area contributed by atoms with Gasteiger partial charge >= 0.3 is 0 Å². The van der Waals surface area contributed by atoms with E-state index in [-0.39, 0.29) is 0 Å². The second-order valence-corrected chi connectivity index (χ2v) is 5.89. The molecule has 3 heteroatoms. The Bertz CT molecular complexity index is 310. The minimum absolute atomic E-state index is 0.618. The molecule has 1 saturated heterocycles. The standard InChI is InChI=1S/C14H24N2S/c1-2-12-3-6-16(14(9-12)10-15)7-4-13-5-8-17-11-13/h5,8,11-12,14H,2-4,6-7,9-10,15H2,1H3. The Hall–Kier alpha value is -0.380. The smallest absolute Gasteiger partial charge is 0.0221 e. The number of thiophene rings is 1. The zero-order chi connectivity index (χ0) is 12.1. The number of rotatable bonds is 5. The highest BCUT2D eigenvalue weighted by molar-refractivity contribution is 7.07. The van der Waals surface area contributed by atoms with Gasteiger partial charge in [-0.2, -0.15) is 11.3 Å². The van der Waals surface area contributed by atoms with Gasteiger partial charge < -0.3 is 5.73 Å². The van der Waals surface area contributed by atoms with E-state index in [2.05, 4.69) is 28.7 Å². The van der Waals surface area contributed by atoms with Gasteiger partial charge in [-0.3, -0.25) is 4.90 Å². The third kappa shape index (κ3) is 3.54. The minimum atomic E-state index is 0.618. The van der Waals surface area contributed by atoms with Crippen LogP contribution in [0.5, 0.6) is 0 Å². The molecule has 1 fully saturated rings. The number of hydrogen-bond acceptors (Lipinski definition) is 3. The lowest BCUT2D eigenvalue weighted by Gasteiger charge is -2.38. The summed E-state index contributed by atoms with van der Waals surface area (Å²) < 4.78 is 0. The molecule has 1 aliphatic heterocycles. The fourth-order valence-corrected chi connectivity index (χ4v) is 3.50. The molecule has 1 aromatic rings. The van der Waals surface area contributed by atoms with Crippen LogP contribution >= 0.6 is 11.3 Å². The second-order valence-electron chi connectivity index (χ2n) is 5.11. The van der Waals surface area contributed by atoms with Crippen molar-refractivity contribution < 1.29 is 0 Å². The van der Waals surface area contributed by atoms with E-state index in [4.69, 9.17) is 5.73 Å². The third-order valence-electron chi connectivity index (χ3n) is 4.06. The highest BCUT2D eigenvalue weighted by atomic mass is 32.1. The van der Waals surface area contributed by atoms with E-state index in [1.165, 1.54) is 44.3 Å². The van der Waals surface area contributed by atoms with Crippen molar-refractivity contribution in [3.63, 3.8) is 0 Å². The van der Waals surface area contributed by atoms with Crippen LogP contribution in [0.3, 0.4) is 0 Å². The molecule has 1 aliphatic rings. The first-order chi connectivity index (χ1) is 8.33. The summed E-state index contributed by atoms with van der Waals surface area (Å²) in [6.07, 6.45) is 5.15. The molecule has 0 saturated carbocycles. The summed E-state index contributed by atoms with van der Waals surface area (Å²) in [5.41, 5.74) is 7.40. The molecule has 0 amide bonds. The fourth-order valence-electron chi connectivity index (χ4n) is 2.80. The van der Waals surface area contributed by atoms with E-state index >= 15 is 0 Å². The number of nitrogens with zero attached hydrogens (tertiary/aromatic N) is 1. The molecular weight excluding hydrogens is 228 g/mol. The average Bonchev–Trinajstić information content (AvgIpc) is 2.89. The molecule has 2 unspecified atom stereocenters. The highest BCUT2D eigenvalue weighted by Gasteiger charge is 2.25. The van der Waals surface area contributed by atoms with E-state index in [9.17, 15) is 0 Å². The van der Waals surface area contributed by atoms with Crippen molar-refractivity contribution >= 4 is 11.3 Å². The number of likely N-dealkylation sites (tertiary alicyclic amines) is 1. The lowest BCUT2D eigenvalue weighted by molar-refractivity contribution is 0.116. The van der Waals surface area contributed by atoms with E-state index in [0.717, 1.165) is 12.5 Å². The maximum Gasteiger partial charge on any atom is 0.0221 e. The van der Waals surface area contributed by atoms with Gasteiger partial charge in [0.1, 0.15) is 0 Å². The van der Waals surface area contributed by atoms with Gasteiger partial charge in [0.25, 0.3) is 0 Å². The average molecular weight is 252 g/mol. The Kier molecular flexibility index (Phi) is 5.01. The van der Waals surface area contributed by atoms with E-state index in [1.54, 1.807) is 11.3 Å². The molecule has 2 rings (SSSR count). The molecular formula is C14H24N2S. The Morgan fingerprint density at radius 1 is 1.53 bits per heavy atom. The van der Waals surface area contributed by atoms with Crippen LogP contribution in [0, 0.1) is 5.92 Å². The molecule has 2 heterocycles. The second kappa shape index (κ2) is 6.53. The monoisotopic (exact) mass is 252 g/mol. The van der Waals surface area contributed by atoms with E-state index in [1.807, 2.05) is 0 Å². The highest BCUT2D eigenvalue weighted by Crippen LogP contribution is 2.25. The number of piperidine rings is 1. The normalized spacial score (nSPS) is 26.2. The maximum atomic E-state index is 5.92. The van der Waals surface area contributed by atoms with Crippen LogP contribution < -0.4 is 5.73 Å². The molecule has 1 aromatic heterocycles. The molecule has 0 aliphatic carbocycles. The first-order valence-electron chi connectivity index (χ1n) is 6.78. The summed E-state index contributed by atoms with van der Waals surface area (Å²) in [4.78, 5) is 2.60. The largest absolute Gasteiger partial charge is 0.329 e. The summed E-state index contributed by atoms with van der Waals surface area (Å²) >= 11 is 1.79. The first kappa shape index (κ1) is 13.1. The lowest BCUT2D eigenvalue weighted by Crippen LogP contribution is -2.47. The molecule has 2 N–H and O–H groups in total. The van der Waals surface area contributed by atoms with E-state index in [0.29, 0.717) is 6.04 Å². The zero-order valence-corrected chi connectivity index (χ0v) is 11.6. The van der Waals surface area contributed by atoms with Gasteiger partial charge in [-0.1, -0.05) is 13.3 Å². The summed E-state index contributed by atoms with van der Waals surface area (Å²) in [6, 6.07) is 2.85. The fraction of sp³-hybridized carbons (Fsp3) is 0.714. The van der Waals surface area contributed by atoms with Crippen molar-refractivity contribution in [2.75, 3.05) is 19.6 Å². The minimum Gasteiger partial charge on any atom is -0.329 e. The number of hydrogen-bond donors (Lipinski definition) is 1. The Labute approximate surface area is 109 Å². The summed E-state index contributed by atoms with van der Waals surface area (Å²) in [5, 5.41) is 4.43. The van der Waals surface area contributed by atoms with Crippen LogP contribution in [-0.2, 0) is 6.42 Å². The molecule has 0 aromatic carbocycles. The summed E-state index contributed by atoms with van der Waals surface area (Å²) in [6.45, 7) is 5.54. The lowest BCUT2D eigenvalue weighted by atomic mass is 9.88. The van der Waals surface area contributed by atoms with Crippen LogP contribution in [-0.4, -0.2) is 30.6 Å². The van der Waals surface area contributed by atoms with Gasteiger partial charge in [-0.25, -0.2) is 0 Å². The van der Waals surface area contributed by atoms with Crippen molar-refractivity contribution in [3.05, 3.63) is 22.4 Å². The molecule has 96 valence electrons. The van der Waals surface area contributed by atoms with Crippen LogP contribution in [0.4, 0.5) is 0 Å². The van der Waals surface area contributed by atoms with Gasteiger partial charge in [-0.05, 0) is 54.1 Å². The maximum absolute atomic E-state index is 5.92. The Morgan fingerprint density at radius 2 is 2.41 bits per heavy atom. The SMILES string of the molecule is CCC1CCN(CCc2ccsc2)C(CN)C1.